The molecule has 1 aromatic rings. The van der Waals surface area contributed by atoms with Crippen LogP contribution in [0.3, 0.4) is 0 Å². The molecule has 3 heterocycles. The maximum atomic E-state index is 13.4. The average molecular weight is 412 g/mol. The van der Waals surface area contributed by atoms with Crippen LogP contribution < -0.4 is 10.9 Å². The van der Waals surface area contributed by atoms with Crippen molar-refractivity contribution in [1.82, 2.24) is 14.8 Å². The number of fused-ring (bicyclic) bond motifs is 4. The summed E-state index contributed by atoms with van der Waals surface area (Å²) in [5, 5.41) is 13.3. The largest absolute Gasteiger partial charge is 0.396 e. The van der Waals surface area contributed by atoms with E-state index in [9.17, 15) is 19.5 Å². The molecule has 4 aliphatic rings. The van der Waals surface area contributed by atoms with Crippen molar-refractivity contribution >= 4 is 17.4 Å². The van der Waals surface area contributed by atoms with Gasteiger partial charge in [-0.05, 0) is 56.2 Å². The Morgan fingerprint density at radius 1 is 1.23 bits per heavy atom. The summed E-state index contributed by atoms with van der Waals surface area (Å²) in [7, 11) is 0. The van der Waals surface area contributed by atoms with Crippen molar-refractivity contribution in [3.63, 3.8) is 0 Å². The zero-order chi connectivity index (χ0) is 21.0. The average Bonchev–Trinajstić information content (AvgIpc) is 3.29. The highest BCUT2D eigenvalue weighted by Gasteiger charge is 2.57. The van der Waals surface area contributed by atoms with Crippen molar-refractivity contribution in [2.45, 2.75) is 70.1 Å². The number of hydrogen-bond donors (Lipinski definition) is 2. The van der Waals surface area contributed by atoms with E-state index < -0.39 is 12.0 Å². The molecular weight excluding hydrogens is 382 g/mol. The van der Waals surface area contributed by atoms with Gasteiger partial charge in [-0.1, -0.05) is 6.08 Å². The summed E-state index contributed by atoms with van der Waals surface area (Å²) in [5.74, 6) is -1.16. The number of hydrogen-bond acceptors (Lipinski definition) is 4. The molecule has 0 unspecified atom stereocenters. The zero-order valence-corrected chi connectivity index (χ0v) is 17.3. The van der Waals surface area contributed by atoms with Gasteiger partial charge in [0, 0.05) is 43.3 Å². The number of aliphatic hydroxyl groups excluding tert-OH is 1. The van der Waals surface area contributed by atoms with Gasteiger partial charge < -0.3 is 19.9 Å². The van der Waals surface area contributed by atoms with E-state index in [1.165, 1.54) is 6.92 Å². The number of carbonyl (C=O) groups is 2. The number of nitrogens with one attached hydrogen (secondary N) is 1. The Morgan fingerprint density at radius 3 is 2.63 bits per heavy atom. The van der Waals surface area contributed by atoms with Gasteiger partial charge in [0.15, 0.2) is 0 Å². The molecule has 2 fully saturated rings. The molecule has 0 spiro atoms. The molecule has 2 amide bonds. The number of pyridine rings is 1. The van der Waals surface area contributed by atoms with E-state index in [1.807, 2.05) is 12.1 Å². The van der Waals surface area contributed by atoms with Crippen LogP contribution in [0, 0.1) is 11.8 Å². The molecule has 2 aliphatic heterocycles. The molecule has 0 radical (unpaired) electrons. The molecule has 2 aliphatic carbocycles. The maximum absolute atomic E-state index is 13.4. The number of aliphatic hydroxyl groups is 1. The number of amides is 2. The van der Waals surface area contributed by atoms with Crippen LogP contribution in [-0.4, -0.2) is 45.1 Å². The fourth-order valence-corrected chi connectivity index (χ4v) is 5.85. The number of aromatic nitrogens is 1. The van der Waals surface area contributed by atoms with Crippen molar-refractivity contribution < 1.29 is 14.7 Å². The van der Waals surface area contributed by atoms with Gasteiger partial charge in [0.1, 0.15) is 0 Å². The summed E-state index contributed by atoms with van der Waals surface area (Å²) in [6.45, 7) is 1.64. The first-order valence-corrected chi connectivity index (χ1v) is 11.1. The molecule has 5 rings (SSSR count). The van der Waals surface area contributed by atoms with Crippen molar-refractivity contribution in [3.05, 3.63) is 39.8 Å². The minimum Gasteiger partial charge on any atom is -0.396 e. The zero-order valence-electron chi connectivity index (χ0n) is 17.3. The minimum absolute atomic E-state index is 0.0457. The lowest BCUT2D eigenvalue weighted by Crippen LogP contribution is -2.49. The molecule has 0 aromatic carbocycles. The lowest BCUT2D eigenvalue weighted by atomic mass is 9.85. The highest BCUT2D eigenvalue weighted by atomic mass is 16.3. The molecule has 1 aromatic heterocycles. The van der Waals surface area contributed by atoms with Crippen LogP contribution >= 0.6 is 0 Å². The van der Waals surface area contributed by atoms with Crippen LogP contribution in [0.2, 0.25) is 0 Å². The summed E-state index contributed by atoms with van der Waals surface area (Å²) in [6, 6.07) is 3.08. The Labute approximate surface area is 175 Å². The molecule has 1 saturated heterocycles. The van der Waals surface area contributed by atoms with Gasteiger partial charge in [0.05, 0.1) is 18.0 Å². The second-order valence-electron chi connectivity index (χ2n) is 9.16. The lowest BCUT2D eigenvalue weighted by Gasteiger charge is -2.38. The van der Waals surface area contributed by atoms with E-state index in [-0.39, 0.29) is 42.0 Å². The smallest absolute Gasteiger partial charge is 0.258 e. The number of rotatable bonds is 4. The fourth-order valence-electron chi connectivity index (χ4n) is 5.85. The van der Waals surface area contributed by atoms with Crippen LogP contribution in [0.25, 0.3) is 5.57 Å². The SMILES string of the molecule is CC(=O)N1[C@@H]2Cn3c(ccc(C4=CCCC4)c3=O)[C@H]1[C@@H](C(=O)NC1CCC1)[C@@H]2CO. The second kappa shape index (κ2) is 7.38. The van der Waals surface area contributed by atoms with E-state index in [4.69, 9.17) is 0 Å². The number of allylic oxidation sites excluding steroid dienone is 2. The Bertz CT molecular complexity index is 977. The Balaban J connectivity index is 1.59. The van der Waals surface area contributed by atoms with Crippen molar-refractivity contribution in [1.29, 1.82) is 0 Å². The summed E-state index contributed by atoms with van der Waals surface area (Å²) in [6.07, 6.45) is 8.16. The predicted octanol–water partition coefficient (Wildman–Crippen LogP) is 1.59. The monoisotopic (exact) mass is 411 g/mol. The van der Waals surface area contributed by atoms with Crippen LogP contribution in [-0.2, 0) is 16.1 Å². The van der Waals surface area contributed by atoms with E-state index >= 15 is 0 Å². The predicted molar refractivity (Wildman–Crippen MR) is 111 cm³/mol. The third kappa shape index (κ3) is 2.86. The molecule has 160 valence electrons. The van der Waals surface area contributed by atoms with Gasteiger partial charge >= 0.3 is 0 Å². The molecule has 1 saturated carbocycles. The Hall–Kier alpha value is -2.41. The van der Waals surface area contributed by atoms with Gasteiger partial charge in [0.25, 0.3) is 5.56 Å². The summed E-state index contributed by atoms with van der Waals surface area (Å²) in [4.78, 5) is 40.9. The number of nitrogens with zero attached hydrogens (tertiary/aromatic N) is 2. The molecule has 7 heteroatoms. The highest BCUT2D eigenvalue weighted by Crippen LogP contribution is 2.48. The summed E-state index contributed by atoms with van der Waals surface area (Å²) in [5.41, 5.74) is 2.48. The maximum Gasteiger partial charge on any atom is 0.258 e. The van der Waals surface area contributed by atoms with Crippen molar-refractivity contribution in [2.75, 3.05) is 6.61 Å². The third-order valence-electron chi connectivity index (χ3n) is 7.55. The minimum atomic E-state index is -0.547. The molecule has 7 nitrogen and oxygen atoms in total. The fraction of sp³-hybridized carbons (Fsp3) is 0.609. The van der Waals surface area contributed by atoms with Gasteiger partial charge in [0.2, 0.25) is 11.8 Å². The third-order valence-corrected chi connectivity index (χ3v) is 7.55. The first-order valence-electron chi connectivity index (χ1n) is 11.1. The van der Waals surface area contributed by atoms with Crippen LogP contribution in [0.5, 0.6) is 0 Å². The highest BCUT2D eigenvalue weighted by molar-refractivity contribution is 5.84. The molecule has 30 heavy (non-hydrogen) atoms. The van der Waals surface area contributed by atoms with Gasteiger partial charge in [-0.3, -0.25) is 14.4 Å². The van der Waals surface area contributed by atoms with Crippen molar-refractivity contribution in [2.24, 2.45) is 11.8 Å². The molecule has 2 bridgehead atoms. The standard InChI is InChI=1S/C23H29N3O4/c1-13(28)26-19-11-25-18(10-9-16(23(25)30)14-5-2-3-6-14)21(26)20(17(19)12-27)22(29)24-15-7-4-8-15/h5,9-10,15,17,19-21,27H,2-4,6-8,11-12H2,1H3,(H,24,29)/t17-,19-,20+,21+/m1/s1. The van der Waals surface area contributed by atoms with Crippen LogP contribution in [0.15, 0.2) is 23.0 Å². The van der Waals surface area contributed by atoms with E-state index in [0.717, 1.165) is 49.7 Å². The number of carbonyl (C=O) groups excluding carboxylic acids is 2. The second-order valence-corrected chi connectivity index (χ2v) is 9.16. The molecule has 4 atom stereocenters. The molecular formula is C23H29N3O4. The summed E-state index contributed by atoms with van der Waals surface area (Å²) >= 11 is 0. The summed E-state index contributed by atoms with van der Waals surface area (Å²) < 4.78 is 1.75. The topological polar surface area (TPSA) is 91.6 Å². The van der Waals surface area contributed by atoms with Crippen molar-refractivity contribution in [3.8, 4) is 0 Å². The molecule has 2 N–H and O–H groups in total. The van der Waals surface area contributed by atoms with Gasteiger partial charge in [-0.25, -0.2) is 0 Å². The van der Waals surface area contributed by atoms with E-state index in [2.05, 4.69) is 11.4 Å². The van der Waals surface area contributed by atoms with Crippen LogP contribution in [0.4, 0.5) is 0 Å². The Kier molecular flexibility index (Phi) is 4.81. The lowest BCUT2D eigenvalue weighted by molar-refractivity contribution is -0.134. The van der Waals surface area contributed by atoms with E-state index in [1.54, 1.807) is 9.47 Å². The quantitative estimate of drug-likeness (QED) is 0.787. The Morgan fingerprint density at radius 2 is 2.03 bits per heavy atom. The first kappa shape index (κ1) is 19.5. The normalized spacial score (nSPS) is 29.9. The first-order chi connectivity index (χ1) is 14.5. The van der Waals surface area contributed by atoms with E-state index in [0.29, 0.717) is 12.2 Å². The van der Waals surface area contributed by atoms with Gasteiger partial charge in [-0.2, -0.15) is 0 Å². The van der Waals surface area contributed by atoms with Crippen LogP contribution in [0.1, 0.15) is 62.7 Å². The van der Waals surface area contributed by atoms with Gasteiger partial charge in [-0.15, -0.1) is 0 Å².